The number of halogens is 3. The summed E-state index contributed by atoms with van der Waals surface area (Å²) in [4.78, 5) is 0. The lowest BCUT2D eigenvalue weighted by atomic mass is 10.2. The summed E-state index contributed by atoms with van der Waals surface area (Å²) in [5.41, 5.74) is 0.920. The van der Waals surface area contributed by atoms with E-state index < -0.39 is 0 Å². The quantitative estimate of drug-likeness (QED) is 0.713. The van der Waals surface area contributed by atoms with Gasteiger partial charge in [-0.2, -0.15) is 0 Å². The van der Waals surface area contributed by atoms with Crippen LogP contribution in [-0.2, 0) is 5.88 Å². The van der Waals surface area contributed by atoms with Gasteiger partial charge in [0.1, 0.15) is 17.3 Å². The SMILES string of the molecule is Fc1ccc(Oc2ccc(CCl)cc2Cl)cc1. The van der Waals surface area contributed by atoms with Gasteiger partial charge in [0.25, 0.3) is 0 Å². The van der Waals surface area contributed by atoms with Crippen molar-refractivity contribution in [3.05, 3.63) is 58.9 Å². The van der Waals surface area contributed by atoms with E-state index in [9.17, 15) is 4.39 Å². The molecule has 0 saturated carbocycles. The molecule has 0 spiro atoms. The fourth-order valence-electron chi connectivity index (χ4n) is 1.34. The Morgan fingerprint density at radius 1 is 1.06 bits per heavy atom. The van der Waals surface area contributed by atoms with Crippen LogP contribution in [0.3, 0.4) is 0 Å². The van der Waals surface area contributed by atoms with Crippen molar-refractivity contribution in [1.82, 2.24) is 0 Å². The van der Waals surface area contributed by atoms with Crippen molar-refractivity contribution in [3.63, 3.8) is 0 Å². The Morgan fingerprint density at radius 3 is 2.35 bits per heavy atom. The largest absolute Gasteiger partial charge is 0.456 e. The van der Waals surface area contributed by atoms with Crippen molar-refractivity contribution in [2.45, 2.75) is 5.88 Å². The third-order valence-electron chi connectivity index (χ3n) is 2.19. The van der Waals surface area contributed by atoms with Crippen LogP contribution in [0.2, 0.25) is 5.02 Å². The molecule has 0 aliphatic heterocycles. The molecule has 0 amide bonds. The summed E-state index contributed by atoms with van der Waals surface area (Å²) < 4.78 is 18.2. The average Bonchev–Trinajstić information content (AvgIpc) is 2.34. The first-order chi connectivity index (χ1) is 8.19. The van der Waals surface area contributed by atoms with Gasteiger partial charge < -0.3 is 4.74 Å². The Kier molecular flexibility index (Phi) is 3.87. The minimum absolute atomic E-state index is 0.305. The molecule has 0 heterocycles. The van der Waals surface area contributed by atoms with Gasteiger partial charge in [0.05, 0.1) is 5.02 Å². The van der Waals surface area contributed by atoms with E-state index in [-0.39, 0.29) is 5.82 Å². The lowest BCUT2D eigenvalue weighted by Crippen LogP contribution is -1.87. The Hall–Kier alpha value is -1.25. The molecule has 0 N–H and O–H groups in total. The normalized spacial score (nSPS) is 10.3. The molecule has 2 aromatic carbocycles. The topological polar surface area (TPSA) is 9.23 Å². The number of alkyl halides is 1. The maximum atomic E-state index is 12.7. The van der Waals surface area contributed by atoms with Gasteiger partial charge in [-0.15, -0.1) is 11.6 Å². The summed E-state index contributed by atoms with van der Waals surface area (Å²) >= 11 is 11.7. The van der Waals surface area contributed by atoms with Gasteiger partial charge in [0, 0.05) is 5.88 Å². The van der Waals surface area contributed by atoms with E-state index >= 15 is 0 Å². The standard InChI is InChI=1S/C13H9Cl2FO/c14-8-9-1-6-13(12(15)7-9)17-11-4-2-10(16)3-5-11/h1-7H,8H2. The highest BCUT2D eigenvalue weighted by atomic mass is 35.5. The molecule has 1 nitrogen and oxygen atoms in total. The van der Waals surface area contributed by atoms with Gasteiger partial charge in [0.2, 0.25) is 0 Å². The first-order valence-electron chi connectivity index (χ1n) is 4.97. The maximum absolute atomic E-state index is 12.7. The monoisotopic (exact) mass is 270 g/mol. The Labute approximate surface area is 109 Å². The fourth-order valence-corrected chi connectivity index (χ4v) is 1.75. The molecule has 0 bridgehead atoms. The third kappa shape index (κ3) is 3.11. The molecule has 2 aromatic rings. The molecule has 0 fully saturated rings. The molecule has 17 heavy (non-hydrogen) atoms. The van der Waals surface area contributed by atoms with E-state index in [0.29, 0.717) is 22.4 Å². The first-order valence-corrected chi connectivity index (χ1v) is 5.88. The number of hydrogen-bond donors (Lipinski definition) is 0. The number of ether oxygens (including phenoxy) is 1. The molecule has 0 saturated heterocycles. The van der Waals surface area contributed by atoms with Crippen molar-refractivity contribution < 1.29 is 9.13 Å². The third-order valence-corrected chi connectivity index (χ3v) is 2.80. The van der Waals surface area contributed by atoms with E-state index in [1.807, 2.05) is 6.07 Å². The minimum Gasteiger partial charge on any atom is -0.456 e. The zero-order valence-electron chi connectivity index (χ0n) is 8.79. The highest BCUT2D eigenvalue weighted by Gasteiger charge is 2.04. The lowest BCUT2D eigenvalue weighted by molar-refractivity contribution is 0.480. The first kappa shape index (κ1) is 12.2. The van der Waals surface area contributed by atoms with E-state index in [0.717, 1.165) is 5.56 Å². The molecule has 0 aliphatic rings. The molecule has 2 rings (SSSR count). The second-order valence-electron chi connectivity index (χ2n) is 3.45. The number of hydrogen-bond acceptors (Lipinski definition) is 1. The van der Waals surface area contributed by atoms with Crippen molar-refractivity contribution in [2.24, 2.45) is 0 Å². The molecule has 0 atom stereocenters. The molecule has 88 valence electrons. The van der Waals surface area contributed by atoms with Gasteiger partial charge in [-0.05, 0) is 42.0 Å². The van der Waals surface area contributed by atoms with Crippen molar-refractivity contribution in [3.8, 4) is 11.5 Å². The van der Waals surface area contributed by atoms with E-state index in [1.54, 1.807) is 24.3 Å². The van der Waals surface area contributed by atoms with Crippen molar-refractivity contribution in [1.29, 1.82) is 0 Å². The summed E-state index contributed by atoms with van der Waals surface area (Å²) in [5, 5.41) is 0.479. The van der Waals surface area contributed by atoms with Crippen LogP contribution < -0.4 is 4.74 Å². The zero-order valence-corrected chi connectivity index (χ0v) is 10.3. The highest BCUT2D eigenvalue weighted by Crippen LogP contribution is 2.30. The molecular formula is C13H9Cl2FO. The van der Waals surface area contributed by atoms with Crippen molar-refractivity contribution in [2.75, 3.05) is 0 Å². The average molecular weight is 271 g/mol. The van der Waals surface area contributed by atoms with Gasteiger partial charge in [-0.1, -0.05) is 17.7 Å². The minimum atomic E-state index is -0.305. The van der Waals surface area contributed by atoms with Crippen LogP contribution in [0.4, 0.5) is 4.39 Å². The van der Waals surface area contributed by atoms with Gasteiger partial charge >= 0.3 is 0 Å². The summed E-state index contributed by atoms with van der Waals surface area (Å²) in [6, 6.07) is 11.1. The van der Waals surface area contributed by atoms with E-state index in [4.69, 9.17) is 27.9 Å². The predicted octanol–water partition coefficient (Wildman–Crippen LogP) is 5.01. The summed E-state index contributed by atoms with van der Waals surface area (Å²) in [7, 11) is 0. The molecule has 0 unspecified atom stereocenters. The highest BCUT2D eigenvalue weighted by molar-refractivity contribution is 6.32. The number of benzene rings is 2. The van der Waals surface area contributed by atoms with Crippen LogP contribution in [0.15, 0.2) is 42.5 Å². The van der Waals surface area contributed by atoms with Crippen LogP contribution in [0.1, 0.15) is 5.56 Å². The lowest BCUT2D eigenvalue weighted by Gasteiger charge is -2.08. The Bertz CT molecular complexity index is 511. The van der Waals surface area contributed by atoms with Gasteiger partial charge in [0.15, 0.2) is 0 Å². The van der Waals surface area contributed by atoms with Crippen LogP contribution in [0, 0.1) is 5.82 Å². The maximum Gasteiger partial charge on any atom is 0.146 e. The van der Waals surface area contributed by atoms with E-state index in [1.165, 1.54) is 12.1 Å². The molecule has 0 aromatic heterocycles. The smallest absolute Gasteiger partial charge is 0.146 e. The predicted molar refractivity (Wildman–Crippen MR) is 67.5 cm³/mol. The van der Waals surface area contributed by atoms with Gasteiger partial charge in [-0.3, -0.25) is 0 Å². The van der Waals surface area contributed by atoms with Crippen LogP contribution in [-0.4, -0.2) is 0 Å². The van der Waals surface area contributed by atoms with Crippen LogP contribution in [0.25, 0.3) is 0 Å². The molecule has 0 radical (unpaired) electrons. The summed E-state index contributed by atoms with van der Waals surface area (Å²) in [6.07, 6.45) is 0. The van der Waals surface area contributed by atoms with E-state index in [2.05, 4.69) is 0 Å². The second-order valence-corrected chi connectivity index (χ2v) is 4.13. The van der Waals surface area contributed by atoms with Crippen LogP contribution in [0.5, 0.6) is 11.5 Å². The second kappa shape index (κ2) is 5.39. The molecule has 4 heteroatoms. The van der Waals surface area contributed by atoms with Crippen molar-refractivity contribution >= 4 is 23.2 Å². The number of rotatable bonds is 3. The fraction of sp³-hybridized carbons (Fsp3) is 0.0769. The summed E-state index contributed by atoms with van der Waals surface area (Å²) in [5.74, 6) is 1.15. The van der Waals surface area contributed by atoms with Gasteiger partial charge in [-0.25, -0.2) is 4.39 Å². The Morgan fingerprint density at radius 2 is 1.76 bits per heavy atom. The van der Waals surface area contributed by atoms with Crippen LogP contribution >= 0.6 is 23.2 Å². The molecular weight excluding hydrogens is 262 g/mol. The summed E-state index contributed by atoms with van der Waals surface area (Å²) in [6.45, 7) is 0. The Balaban J connectivity index is 2.21. The molecule has 0 aliphatic carbocycles. The zero-order chi connectivity index (χ0) is 12.3.